The molecule has 0 aromatic heterocycles. The van der Waals surface area contributed by atoms with Crippen LogP contribution in [0.1, 0.15) is 55.4 Å². The lowest BCUT2D eigenvalue weighted by Gasteiger charge is -2.44. The highest BCUT2D eigenvalue weighted by Gasteiger charge is 2.47. The van der Waals surface area contributed by atoms with Crippen molar-refractivity contribution in [3.8, 4) is 0 Å². The van der Waals surface area contributed by atoms with Crippen LogP contribution in [-0.4, -0.2) is 32.2 Å². The molecule has 0 aromatic rings. The van der Waals surface area contributed by atoms with Gasteiger partial charge < -0.3 is 14.3 Å². The molecule has 0 aliphatic rings. The normalized spacial score (nSPS) is 15.8. The van der Waals surface area contributed by atoms with Crippen molar-refractivity contribution in [3.63, 3.8) is 0 Å². The molecule has 0 rings (SSSR count). The van der Waals surface area contributed by atoms with Crippen LogP contribution >= 0.6 is 0 Å². The van der Waals surface area contributed by atoms with E-state index in [9.17, 15) is 5.11 Å². The van der Waals surface area contributed by atoms with Gasteiger partial charge in [0.05, 0.1) is 12.7 Å². The molecule has 2 atom stereocenters. The summed E-state index contributed by atoms with van der Waals surface area (Å²) in [5.74, 6) is 0.402. The zero-order chi connectivity index (χ0) is 16.1. The molecule has 0 aliphatic carbocycles. The summed E-state index contributed by atoms with van der Waals surface area (Å²) >= 11 is 0. The first-order valence-corrected chi connectivity index (χ1v) is 9.92. The minimum atomic E-state index is -1.98. The van der Waals surface area contributed by atoms with Crippen LogP contribution in [0.4, 0.5) is 0 Å². The second-order valence-corrected chi connectivity index (χ2v) is 11.9. The van der Waals surface area contributed by atoms with Crippen molar-refractivity contribution in [2.75, 3.05) is 6.61 Å². The van der Waals surface area contributed by atoms with Gasteiger partial charge in [-0.05, 0) is 30.5 Å². The van der Waals surface area contributed by atoms with Crippen molar-refractivity contribution in [1.82, 2.24) is 0 Å². The smallest absolute Gasteiger partial charge is 0.200 e. The lowest BCUT2D eigenvalue weighted by Crippen LogP contribution is -2.52. The molecule has 0 aromatic carbocycles. The van der Waals surface area contributed by atoms with Crippen LogP contribution in [0.3, 0.4) is 0 Å². The van der Waals surface area contributed by atoms with Gasteiger partial charge in [-0.25, -0.2) is 0 Å². The first kappa shape index (κ1) is 19.7. The van der Waals surface area contributed by atoms with E-state index in [2.05, 4.69) is 48.1 Å². The first-order valence-electron chi connectivity index (χ1n) is 7.78. The van der Waals surface area contributed by atoms with Gasteiger partial charge in [0, 0.05) is 0 Å². The Morgan fingerprint density at radius 1 is 1.00 bits per heavy atom. The van der Waals surface area contributed by atoms with Crippen molar-refractivity contribution in [3.05, 3.63) is 12.3 Å². The van der Waals surface area contributed by atoms with Crippen LogP contribution in [-0.2, 0) is 9.16 Å². The average molecular weight is 303 g/mol. The summed E-state index contributed by atoms with van der Waals surface area (Å²) in [6.45, 7) is 21.6. The topological polar surface area (TPSA) is 38.7 Å². The lowest BCUT2D eigenvalue weighted by molar-refractivity contribution is 0.0190. The minimum Gasteiger partial charge on any atom is -0.496 e. The monoisotopic (exact) mass is 302 g/mol. The molecule has 0 bridgehead atoms. The van der Waals surface area contributed by atoms with Gasteiger partial charge in [-0.2, -0.15) is 0 Å². The molecular formula is C16H34O3Si. The molecular weight excluding hydrogens is 268 g/mol. The van der Waals surface area contributed by atoms with Gasteiger partial charge >= 0.3 is 0 Å². The highest BCUT2D eigenvalue weighted by atomic mass is 28.4. The molecule has 20 heavy (non-hydrogen) atoms. The summed E-state index contributed by atoms with van der Waals surface area (Å²) in [6, 6.07) is 0. The van der Waals surface area contributed by atoms with Gasteiger partial charge in [0.1, 0.15) is 11.9 Å². The molecule has 0 radical (unpaired) electrons. The van der Waals surface area contributed by atoms with E-state index in [-0.39, 0.29) is 6.10 Å². The quantitative estimate of drug-likeness (QED) is 0.504. The van der Waals surface area contributed by atoms with Gasteiger partial charge in [-0.3, -0.25) is 0 Å². The SMILES string of the molecule is C=C(OCC)[C@@H](O)[C@H](C)O[Si](C(C)C)(C(C)C)C(C)C. The third kappa shape index (κ3) is 4.33. The zero-order valence-electron chi connectivity index (χ0n) is 14.6. The molecule has 0 heterocycles. The third-order valence-corrected chi connectivity index (χ3v) is 10.4. The Labute approximate surface area is 126 Å². The van der Waals surface area contributed by atoms with E-state index >= 15 is 0 Å². The van der Waals surface area contributed by atoms with E-state index in [4.69, 9.17) is 9.16 Å². The molecule has 0 spiro atoms. The Hall–Kier alpha value is -0.323. The average Bonchev–Trinajstić information content (AvgIpc) is 2.33. The largest absolute Gasteiger partial charge is 0.496 e. The van der Waals surface area contributed by atoms with Crippen LogP contribution in [0.25, 0.3) is 0 Å². The number of rotatable bonds is 9. The maximum atomic E-state index is 10.3. The van der Waals surface area contributed by atoms with Crippen LogP contribution in [0.2, 0.25) is 16.6 Å². The van der Waals surface area contributed by atoms with Crippen molar-refractivity contribution < 1.29 is 14.3 Å². The highest BCUT2D eigenvalue weighted by molar-refractivity contribution is 6.77. The van der Waals surface area contributed by atoms with Crippen molar-refractivity contribution in [1.29, 1.82) is 0 Å². The minimum absolute atomic E-state index is 0.284. The van der Waals surface area contributed by atoms with Gasteiger partial charge in [-0.1, -0.05) is 48.1 Å². The Bertz CT molecular complexity index is 278. The summed E-state index contributed by atoms with van der Waals surface area (Å²) < 4.78 is 11.8. The van der Waals surface area contributed by atoms with Crippen LogP contribution < -0.4 is 0 Å². The lowest BCUT2D eigenvalue weighted by atomic mass is 10.2. The van der Waals surface area contributed by atoms with Crippen LogP contribution in [0, 0.1) is 0 Å². The van der Waals surface area contributed by atoms with Gasteiger partial charge in [0.15, 0.2) is 0 Å². The molecule has 0 aliphatic heterocycles. The van der Waals surface area contributed by atoms with Crippen molar-refractivity contribution >= 4 is 8.32 Å². The molecule has 0 amide bonds. The van der Waals surface area contributed by atoms with Crippen LogP contribution in [0.5, 0.6) is 0 Å². The van der Waals surface area contributed by atoms with E-state index < -0.39 is 14.4 Å². The predicted molar refractivity (Wildman–Crippen MR) is 88.4 cm³/mol. The fraction of sp³-hybridized carbons (Fsp3) is 0.875. The predicted octanol–water partition coefficient (Wildman–Crippen LogP) is 4.48. The van der Waals surface area contributed by atoms with E-state index in [0.29, 0.717) is 29.0 Å². The zero-order valence-corrected chi connectivity index (χ0v) is 15.6. The Morgan fingerprint density at radius 3 is 1.70 bits per heavy atom. The summed E-state index contributed by atoms with van der Waals surface area (Å²) in [5.41, 5.74) is 1.49. The van der Waals surface area contributed by atoms with E-state index in [0.717, 1.165) is 0 Å². The van der Waals surface area contributed by atoms with Crippen LogP contribution in [0.15, 0.2) is 12.3 Å². The number of ether oxygens (including phenoxy) is 1. The number of aliphatic hydroxyl groups is 1. The van der Waals surface area contributed by atoms with Gasteiger partial charge in [0.25, 0.3) is 0 Å². The highest BCUT2D eigenvalue weighted by Crippen LogP contribution is 2.43. The Morgan fingerprint density at radius 2 is 1.40 bits per heavy atom. The second kappa shape index (κ2) is 8.20. The fourth-order valence-electron chi connectivity index (χ4n) is 3.33. The molecule has 0 unspecified atom stereocenters. The maximum Gasteiger partial charge on any atom is 0.200 e. The fourth-order valence-corrected chi connectivity index (χ4v) is 8.92. The molecule has 0 saturated heterocycles. The van der Waals surface area contributed by atoms with Crippen molar-refractivity contribution in [2.45, 2.75) is 84.2 Å². The maximum absolute atomic E-state index is 10.3. The van der Waals surface area contributed by atoms with E-state index in [1.807, 2.05) is 13.8 Å². The molecule has 0 fully saturated rings. The van der Waals surface area contributed by atoms with Gasteiger partial charge in [0.2, 0.25) is 8.32 Å². The molecule has 120 valence electrons. The summed E-state index contributed by atoms with van der Waals surface area (Å²) in [5, 5.41) is 10.3. The second-order valence-electron chi connectivity index (χ2n) is 6.48. The number of aliphatic hydroxyl groups excluding tert-OH is 1. The summed E-state index contributed by atoms with van der Waals surface area (Å²) in [6.07, 6.45) is -1.05. The van der Waals surface area contributed by atoms with E-state index in [1.54, 1.807) is 0 Å². The Kier molecular flexibility index (Phi) is 8.07. The summed E-state index contributed by atoms with van der Waals surface area (Å²) in [7, 11) is -1.98. The van der Waals surface area contributed by atoms with Gasteiger partial charge in [-0.15, -0.1) is 0 Å². The third-order valence-electron chi connectivity index (χ3n) is 4.20. The molecule has 0 saturated carbocycles. The molecule has 4 heteroatoms. The molecule has 1 N–H and O–H groups in total. The number of hydrogen-bond acceptors (Lipinski definition) is 3. The first-order chi connectivity index (χ1) is 9.11. The summed E-state index contributed by atoms with van der Waals surface area (Å²) in [4.78, 5) is 0. The molecule has 3 nitrogen and oxygen atoms in total. The Balaban J connectivity index is 5.13. The van der Waals surface area contributed by atoms with E-state index in [1.165, 1.54) is 0 Å². The standard InChI is InChI=1S/C16H34O3Si/c1-10-18-14(8)16(17)15(9)19-20(11(2)3,12(4)5)13(6)7/h11-13,15-17H,8,10H2,1-7,9H3/t15-,16+/m0/s1. The van der Waals surface area contributed by atoms with Crippen molar-refractivity contribution in [2.24, 2.45) is 0 Å². The number of hydrogen-bond donors (Lipinski definition) is 1.